The van der Waals surface area contributed by atoms with Crippen molar-refractivity contribution in [1.29, 1.82) is 0 Å². The highest BCUT2D eigenvalue weighted by atomic mass is 14.2. The Labute approximate surface area is 146 Å². The molecule has 0 N–H and O–H groups in total. The van der Waals surface area contributed by atoms with Gasteiger partial charge in [0.15, 0.2) is 0 Å². The van der Waals surface area contributed by atoms with Gasteiger partial charge in [0.05, 0.1) is 0 Å². The lowest BCUT2D eigenvalue weighted by molar-refractivity contribution is 1.20. The molecule has 0 heterocycles. The van der Waals surface area contributed by atoms with Crippen LogP contribution in [0.4, 0.5) is 0 Å². The highest BCUT2D eigenvalue weighted by molar-refractivity contribution is 6.18. The fourth-order valence-electron chi connectivity index (χ4n) is 4.48. The van der Waals surface area contributed by atoms with Crippen LogP contribution in [0.1, 0.15) is 11.1 Å². The molecule has 5 aromatic carbocycles. The lowest BCUT2D eigenvalue weighted by Gasteiger charge is -2.22. The summed E-state index contributed by atoms with van der Waals surface area (Å²) in [6, 6.07) is 31.4. The molecule has 0 spiro atoms. The Morgan fingerprint density at radius 1 is 0.480 bits per heavy atom. The molecule has 0 bridgehead atoms. The average Bonchev–Trinajstić information content (AvgIpc) is 2.67. The molecule has 0 aromatic heterocycles. The van der Waals surface area contributed by atoms with E-state index in [1.807, 2.05) is 0 Å². The third kappa shape index (κ3) is 1.77. The molecular weight excluding hydrogens is 300 g/mol. The molecule has 0 fully saturated rings. The van der Waals surface area contributed by atoms with Crippen molar-refractivity contribution < 1.29 is 0 Å². The maximum atomic E-state index is 2.39. The summed E-state index contributed by atoms with van der Waals surface area (Å²) in [5.74, 6) is 0. The topological polar surface area (TPSA) is 0 Å². The molecular formula is C25H16. The van der Waals surface area contributed by atoms with Crippen LogP contribution in [0.2, 0.25) is 0 Å². The average molecular weight is 316 g/mol. The van der Waals surface area contributed by atoms with Gasteiger partial charge in [0.25, 0.3) is 0 Å². The predicted octanol–water partition coefficient (Wildman–Crippen LogP) is 6.72. The molecule has 0 nitrogen and oxygen atoms in total. The van der Waals surface area contributed by atoms with Crippen LogP contribution in [0.15, 0.2) is 84.9 Å². The first-order valence-electron chi connectivity index (χ1n) is 8.84. The van der Waals surface area contributed by atoms with Crippen LogP contribution in [0, 0.1) is 0 Å². The van der Waals surface area contributed by atoms with Crippen molar-refractivity contribution in [2.75, 3.05) is 0 Å². The van der Waals surface area contributed by atoms with Crippen LogP contribution < -0.4 is 0 Å². The Bertz CT molecular complexity index is 1310. The zero-order valence-corrected chi connectivity index (χ0v) is 13.8. The van der Waals surface area contributed by atoms with Crippen molar-refractivity contribution >= 4 is 32.3 Å². The zero-order valence-electron chi connectivity index (χ0n) is 13.8. The predicted molar refractivity (Wildman–Crippen MR) is 107 cm³/mol. The first kappa shape index (κ1) is 13.2. The Hall–Kier alpha value is -3.12. The Morgan fingerprint density at radius 3 is 2.16 bits per heavy atom. The molecule has 6 rings (SSSR count). The minimum atomic E-state index is 1.03. The normalized spacial score (nSPS) is 12.6. The minimum absolute atomic E-state index is 1.03. The van der Waals surface area contributed by atoms with Crippen molar-refractivity contribution in [2.45, 2.75) is 6.42 Å². The van der Waals surface area contributed by atoms with Crippen LogP contribution >= 0.6 is 0 Å². The van der Waals surface area contributed by atoms with E-state index >= 15 is 0 Å². The number of hydrogen-bond donors (Lipinski definition) is 0. The highest BCUT2D eigenvalue weighted by Gasteiger charge is 2.19. The van der Waals surface area contributed by atoms with Crippen LogP contribution in [-0.4, -0.2) is 0 Å². The maximum Gasteiger partial charge on any atom is -0.00132 e. The largest absolute Gasteiger partial charge is 0.0619 e. The van der Waals surface area contributed by atoms with Crippen molar-refractivity contribution in [3.05, 3.63) is 96.1 Å². The van der Waals surface area contributed by atoms with E-state index in [0.29, 0.717) is 0 Å². The summed E-state index contributed by atoms with van der Waals surface area (Å²) in [5, 5.41) is 8.12. The van der Waals surface area contributed by atoms with E-state index in [1.165, 1.54) is 54.6 Å². The number of fused-ring (bicyclic) bond motifs is 5. The summed E-state index contributed by atoms with van der Waals surface area (Å²) < 4.78 is 0. The summed E-state index contributed by atoms with van der Waals surface area (Å²) in [7, 11) is 0. The lowest BCUT2D eigenvalue weighted by Crippen LogP contribution is -2.01. The van der Waals surface area contributed by atoms with Crippen LogP contribution in [0.25, 0.3) is 43.4 Å². The summed E-state index contributed by atoms with van der Waals surface area (Å²) in [4.78, 5) is 0. The van der Waals surface area contributed by atoms with E-state index in [0.717, 1.165) is 6.42 Å². The van der Waals surface area contributed by atoms with E-state index in [9.17, 15) is 0 Å². The quantitative estimate of drug-likeness (QED) is 0.215. The molecule has 0 heteroatoms. The monoisotopic (exact) mass is 316 g/mol. The molecule has 25 heavy (non-hydrogen) atoms. The van der Waals surface area contributed by atoms with Crippen LogP contribution in [0.3, 0.4) is 0 Å². The highest BCUT2D eigenvalue weighted by Crippen LogP contribution is 2.43. The second-order valence-corrected chi connectivity index (χ2v) is 7.02. The second-order valence-electron chi connectivity index (χ2n) is 7.02. The lowest BCUT2D eigenvalue weighted by atomic mass is 9.81. The summed E-state index contributed by atoms with van der Waals surface area (Å²) in [5.41, 5.74) is 5.65. The number of rotatable bonds is 0. The molecule has 1 aliphatic carbocycles. The maximum absolute atomic E-state index is 2.39. The van der Waals surface area contributed by atoms with Gasteiger partial charge in [-0.25, -0.2) is 0 Å². The third-order valence-corrected chi connectivity index (χ3v) is 5.62. The van der Waals surface area contributed by atoms with Crippen molar-refractivity contribution in [2.24, 2.45) is 0 Å². The van der Waals surface area contributed by atoms with E-state index in [-0.39, 0.29) is 0 Å². The van der Waals surface area contributed by atoms with Gasteiger partial charge in [0, 0.05) is 0 Å². The van der Waals surface area contributed by atoms with Gasteiger partial charge in [-0.1, -0.05) is 66.7 Å². The molecule has 0 saturated heterocycles. The molecule has 0 radical (unpaired) electrons. The van der Waals surface area contributed by atoms with Gasteiger partial charge < -0.3 is 0 Å². The smallest absolute Gasteiger partial charge is 0.00132 e. The number of benzene rings is 5. The molecule has 0 aliphatic heterocycles. The summed E-state index contributed by atoms with van der Waals surface area (Å²) >= 11 is 0. The van der Waals surface area contributed by atoms with Gasteiger partial charge >= 0.3 is 0 Å². The Morgan fingerprint density at radius 2 is 1.24 bits per heavy atom. The molecule has 0 saturated carbocycles. The molecule has 0 amide bonds. The van der Waals surface area contributed by atoms with Gasteiger partial charge in [0.2, 0.25) is 0 Å². The van der Waals surface area contributed by atoms with Gasteiger partial charge in [-0.15, -0.1) is 0 Å². The second kappa shape index (κ2) is 4.70. The fourth-order valence-corrected chi connectivity index (χ4v) is 4.48. The van der Waals surface area contributed by atoms with E-state index < -0.39 is 0 Å². The molecule has 0 atom stereocenters. The van der Waals surface area contributed by atoms with E-state index in [4.69, 9.17) is 0 Å². The fraction of sp³-hybridized carbons (Fsp3) is 0.0400. The van der Waals surface area contributed by atoms with E-state index in [2.05, 4.69) is 84.9 Å². The molecule has 1 aliphatic rings. The molecule has 116 valence electrons. The minimum Gasteiger partial charge on any atom is -0.0619 e. The van der Waals surface area contributed by atoms with Gasteiger partial charge in [-0.2, -0.15) is 0 Å². The van der Waals surface area contributed by atoms with Gasteiger partial charge in [-0.05, 0) is 79.2 Å². The number of hydrogen-bond acceptors (Lipinski definition) is 0. The van der Waals surface area contributed by atoms with Gasteiger partial charge in [0.1, 0.15) is 0 Å². The van der Waals surface area contributed by atoms with Crippen molar-refractivity contribution in [1.82, 2.24) is 0 Å². The van der Waals surface area contributed by atoms with Crippen LogP contribution in [0.5, 0.6) is 0 Å². The zero-order chi connectivity index (χ0) is 16.4. The summed E-state index contributed by atoms with van der Waals surface area (Å²) in [6.45, 7) is 0. The van der Waals surface area contributed by atoms with Crippen LogP contribution in [-0.2, 0) is 6.42 Å². The molecule has 0 unspecified atom stereocenters. The Kier molecular flexibility index (Phi) is 2.48. The summed E-state index contributed by atoms with van der Waals surface area (Å²) in [6.07, 6.45) is 1.03. The van der Waals surface area contributed by atoms with Gasteiger partial charge in [-0.3, -0.25) is 0 Å². The van der Waals surface area contributed by atoms with Crippen molar-refractivity contribution in [3.8, 4) is 11.1 Å². The van der Waals surface area contributed by atoms with E-state index in [1.54, 1.807) is 0 Å². The van der Waals surface area contributed by atoms with Crippen molar-refractivity contribution in [3.63, 3.8) is 0 Å². The Balaban J connectivity index is 1.86. The molecule has 5 aromatic rings. The first-order valence-corrected chi connectivity index (χ1v) is 8.84. The third-order valence-electron chi connectivity index (χ3n) is 5.62. The standard InChI is InChI=1S/C25H16/c1-2-7-17-14-23-20(12-16(17)6-1)15-24-21-10-4-3-8-18(21)13-19-9-5-11-22(23)25(19)24/h1-12,14-15H,13H2. The first-order chi connectivity index (χ1) is 12.4. The SMILES string of the molecule is c1ccc2c(c1)Cc1cccc3c1c-2cc1cc2ccccc2cc13.